The fraction of sp³-hybridized carbons (Fsp3) is 0.174. The summed E-state index contributed by atoms with van der Waals surface area (Å²) >= 11 is -0.826. The van der Waals surface area contributed by atoms with Gasteiger partial charge in [-0.15, -0.1) is 0 Å². The van der Waals surface area contributed by atoms with E-state index in [0.717, 1.165) is 27.8 Å². The number of hydrogen-bond donors (Lipinski definition) is 1. The van der Waals surface area contributed by atoms with Crippen molar-refractivity contribution < 1.29 is 26.0 Å². The summed E-state index contributed by atoms with van der Waals surface area (Å²) in [6.07, 6.45) is 1.74. The second kappa shape index (κ2) is 11.0. The molecule has 3 rings (SSSR count). The molecule has 2 nitrogen and oxygen atoms in total. The van der Waals surface area contributed by atoms with Gasteiger partial charge in [0.1, 0.15) is 5.75 Å². The van der Waals surface area contributed by atoms with Crippen molar-refractivity contribution in [3.63, 3.8) is 0 Å². The van der Waals surface area contributed by atoms with Crippen LogP contribution >= 0.6 is 17.0 Å². The summed E-state index contributed by atoms with van der Waals surface area (Å²) in [5, 5.41) is 11.1. The molecule has 0 amide bonds. The minimum absolute atomic E-state index is 0.292. The average molecular weight is 492 g/mol. The molecule has 144 valence electrons. The first kappa shape index (κ1) is 22.9. The van der Waals surface area contributed by atoms with E-state index < -0.39 is 20.8 Å². The van der Waals surface area contributed by atoms with Crippen molar-refractivity contribution >= 4 is 23.2 Å². The third-order valence-corrected chi connectivity index (χ3v) is 4.73. The summed E-state index contributed by atoms with van der Waals surface area (Å²) in [5.41, 5.74) is 4.56. The van der Waals surface area contributed by atoms with Gasteiger partial charge in [0.15, 0.2) is 0 Å². The number of hydrogen-bond acceptors (Lipinski definition) is 2. The second-order valence-corrected chi connectivity index (χ2v) is 10.5. The number of phenols is 1. The molecule has 0 aliphatic carbocycles. The van der Waals surface area contributed by atoms with Crippen LogP contribution in [-0.4, -0.2) is 18.4 Å². The van der Waals surface area contributed by atoms with E-state index in [9.17, 15) is 5.11 Å². The molecular weight excluding hydrogens is 468 g/mol. The minimum atomic E-state index is -0.826. The van der Waals surface area contributed by atoms with Crippen LogP contribution in [0.2, 0.25) is 0 Å². The van der Waals surface area contributed by atoms with Gasteiger partial charge in [-0.25, -0.2) is 0 Å². The van der Waals surface area contributed by atoms with Crippen molar-refractivity contribution in [3.8, 4) is 16.9 Å². The Morgan fingerprint density at radius 2 is 1.43 bits per heavy atom. The Morgan fingerprint density at radius 3 is 1.96 bits per heavy atom. The Kier molecular flexibility index (Phi) is 8.95. The van der Waals surface area contributed by atoms with E-state index >= 15 is 0 Å². The van der Waals surface area contributed by atoms with Gasteiger partial charge in [0.05, 0.1) is 0 Å². The molecule has 0 spiro atoms. The monoisotopic (exact) mass is 489 g/mol. The van der Waals surface area contributed by atoms with Crippen LogP contribution in [0.15, 0.2) is 77.8 Å². The fourth-order valence-corrected chi connectivity index (χ4v) is 3.25. The summed E-state index contributed by atoms with van der Waals surface area (Å²) in [4.78, 5) is 4.16. The van der Waals surface area contributed by atoms with Crippen molar-refractivity contribution in [2.45, 2.75) is 19.3 Å². The van der Waals surface area contributed by atoms with Crippen LogP contribution in [-0.2, 0) is 26.3 Å². The summed E-state index contributed by atoms with van der Waals surface area (Å²) in [6, 6.07) is 24.4. The number of aliphatic imine (C=N–C) groups is 1. The van der Waals surface area contributed by atoms with Crippen molar-refractivity contribution in [1.82, 2.24) is 0 Å². The number of benzene rings is 3. The van der Waals surface area contributed by atoms with Crippen molar-refractivity contribution in [1.29, 1.82) is 0 Å². The standard InChI is InChI=1S/C23H23NO.2ClH.Zr/c1-23(2,18-12-8-5-9-13-18)21-15-14-19(17-10-6-4-7-11-17)20(16-24-3)22(21)25;;;/h4-16,25H,1-3H3;2*1H;/q;;;+2/p-2. The molecule has 0 aliphatic heterocycles. The van der Waals surface area contributed by atoms with E-state index in [1.54, 1.807) is 13.3 Å². The predicted molar refractivity (Wildman–Crippen MR) is 117 cm³/mol. The van der Waals surface area contributed by atoms with Crippen molar-refractivity contribution in [2.24, 2.45) is 4.99 Å². The third-order valence-electron chi connectivity index (χ3n) is 4.73. The molecule has 0 bridgehead atoms. The first-order valence-electron chi connectivity index (χ1n) is 8.83. The van der Waals surface area contributed by atoms with Crippen LogP contribution in [0.1, 0.15) is 30.5 Å². The number of nitrogens with zero attached hydrogens (tertiary/aromatic N) is 1. The van der Waals surface area contributed by atoms with Gasteiger partial charge in [-0.1, -0.05) is 86.6 Å². The number of halogens is 2. The molecule has 3 aromatic rings. The Morgan fingerprint density at radius 1 is 0.893 bits per heavy atom. The quantitative estimate of drug-likeness (QED) is 0.400. The van der Waals surface area contributed by atoms with E-state index in [1.165, 1.54) is 0 Å². The summed E-state index contributed by atoms with van der Waals surface area (Å²) in [6.45, 7) is 4.26. The molecular formula is C23H23Cl2NOZr. The predicted octanol–water partition coefficient (Wildman–Crippen LogP) is 6.81. The molecule has 0 aliphatic rings. The van der Waals surface area contributed by atoms with Crippen LogP contribution < -0.4 is 0 Å². The van der Waals surface area contributed by atoms with Crippen molar-refractivity contribution in [2.75, 3.05) is 7.05 Å². The molecule has 0 fully saturated rings. The molecule has 1 N–H and O–H groups in total. The van der Waals surface area contributed by atoms with Gasteiger partial charge in [-0.05, 0) is 16.7 Å². The molecule has 0 saturated heterocycles. The first-order valence-corrected chi connectivity index (χ1v) is 15.2. The Bertz CT molecular complexity index is 913. The van der Waals surface area contributed by atoms with Gasteiger partial charge >= 0.3 is 37.9 Å². The molecule has 5 heteroatoms. The van der Waals surface area contributed by atoms with E-state index in [2.05, 4.69) is 37.0 Å². The summed E-state index contributed by atoms with van der Waals surface area (Å²) in [5.74, 6) is 0.292. The van der Waals surface area contributed by atoms with Crippen molar-refractivity contribution in [3.05, 3.63) is 89.5 Å². The second-order valence-electron chi connectivity index (χ2n) is 6.74. The number of phenolic OH excluding ortho intramolecular Hbond substituents is 1. The fourth-order valence-electron chi connectivity index (χ4n) is 3.25. The van der Waals surface area contributed by atoms with Crippen LogP contribution in [0.3, 0.4) is 0 Å². The van der Waals surface area contributed by atoms with Crippen LogP contribution in [0.25, 0.3) is 11.1 Å². The van der Waals surface area contributed by atoms with Gasteiger partial charge in [-0.3, -0.25) is 4.99 Å². The van der Waals surface area contributed by atoms with Crippen LogP contribution in [0, 0.1) is 0 Å². The van der Waals surface area contributed by atoms with E-state index in [0.29, 0.717) is 5.75 Å². The van der Waals surface area contributed by atoms with Gasteiger partial charge < -0.3 is 5.11 Å². The molecule has 0 radical (unpaired) electrons. The molecule has 28 heavy (non-hydrogen) atoms. The van der Waals surface area contributed by atoms with E-state index in [-0.39, 0.29) is 5.41 Å². The van der Waals surface area contributed by atoms with Gasteiger partial charge in [-0.2, -0.15) is 0 Å². The van der Waals surface area contributed by atoms with Crippen LogP contribution in [0.4, 0.5) is 0 Å². The zero-order chi connectivity index (χ0) is 20.6. The maximum atomic E-state index is 11.1. The summed E-state index contributed by atoms with van der Waals surface area (Å²) in [7, 11) is 11.6. The SMILES string of the molecule is CN=Cc1c(-c2ccccc2)ccc(C(C)(C)c2ccccc2)c1O.[Cl][Zr][Cl]. The summed E-state index contributed by atoms with van der Waals surface area (Å²) < 4.78 is 0. The molecule has 3 aromatic carbocycles. The number of rotatable bonds is 4. The normalized spacial score (nSPS) is 11.0. The Balaban J connectivity index is 0.000000878. The van der Waals surface area contributed by atoms with E-state index in [1.807, 2.05) is 54.6 Å². The topological polar surface area (TPSA) is 32.6 Å². The van der Waals surface area contributed by atoms with E-state index in [4.69, 9.17) is 17.0 Å². The Labute approximate surface area is 185 Å². The molecule has 0 unspecified atom stereocenters. The zero-order valence-electron chi connectivity index (χ0n) is 16.2. The van der Waals surface area contributed by atoms with Gasteiger partial charge in [0.25, 0.3) is 0 Å². The average Bonchev–Trinajstić information content (AvgIpc) is 2.71. The maximum absolute atomic E-state index is 11.1. The number of aromatic hydroxyl groups is 1. The third kappa shape index (κ3) is 5.35. The molecule has 0 heterocycles. The van der Waals surface area contributed by atoms with Crippen LogP contribution in [0.5, 0.6) is 5.75 Å². The molecule has 0 aromatic heterocycles. The first-order chi connectivity index (χ1) is 13.5. The van der Waals surface area contributed by atoms with Gasteiger partial charge in [0, 0.05) is 29.8 Å². The zero-order valence-corrected chi connectivity index (χ0v) is 20.1. The Hall–Kier alpha value is -1.41. The molecule has 0 saturated carbocycles. The van der Waals surface area contributed by atoms with Gasteiger partial charge in [0.2, 0.25) is 0 Å². The molecule has 0 atom stereocenters.